The molecule has 7 heteroatoms. The predicted molar refractivity (Wildman–Crippen MR) is 104 cm³/mol. The third kappa shape index (κ3) is 3.56. The van der Waals surface area contributed by atoms with Gasteiger partial charge in [0.05, 0.1) is 0 Å². The molecule has 0 atom stereocenters. The molecular formula is C18H26N6S. The first-order valence-electron chi connectivity index (χ1n) is 9.07. The summed E-state index contributed by atoms with van der Waals surface area (Å²) in [5.74, 6) is 2.07. The molecule has 1 aliphatic heterocycles. The number of hydrogen-bond donors (Lipinski definition) is 0. The van der Waals surface area contributed by atoms with E-state index in [4.69, 9.17) is 0 Å². The molecule has 3 heterocycles. The molecule has 0 unspecified atom stereocenters. The van der Waals surface area contributed by atoms with Crippen molar-refractivity contribution in [1.29, 1.82) is 0 Å². The van der Waals surface area contributed by atoms with Gasteiger partial charge in [0.25, 0.3) is 0 Å². The van der Waals surface area contributed by atoms with Crippen LogP contribution in [0.25, 0.3) is 0 Å². The number of hydrogen-bond acceptors (Lipinski definition) is 7. The number of piperidine rings is 1. The molecule has 2 aromatic heterocycles. The molecule has 1 saturated carbocycles. The highest BCUT2D eigenvalue weighted by molar-refractivity contribution is 7.15. The van der Waals surface area contributed by atoms with Gasteiger partial charge in [-0.2, -0.15) is 0 Å². The number of aryl methyl sites for hydroxylation is 1. The van der Waals surface area contributed by atoms with Gasteiger partial charge in [-0.3, -0.25) is 0 Å². The van der Waals surface area contributed by atoms with Crippen LogP contribution in [-0.4, -0.2) is 54.2 Å². The first-order chi connectivity index (χ1) is 12.1. The standard InChI is InChI=1S/C18H26N6S/c1-13-11-19-18(25-13)23-8-6-15(7-9-23)24(14-4-5-14)17-10-16(22(2)3)20-12-21-17/h10-12,14-15H,4-9H2,1-3H3. The second kappa shape index (κ2) is 6.78. The molecule has 2 fully saturated rings. The molecule has 0 amide bonds. The Morgan fingerprint density at radius 2 is 1.68 bits per heavy atom. The van der Waals surface area contributed by atoms with Crippen LogP contribution >= 0.6 is 11.3 Å². The molecule has 25 heavy (non-hydrogen) atoms. The minimum Gasteiger partial charge on any atom is -0.363 e. The number of nitrogens with zero attached hydrogens (tertiary/aromatic N) is 6. The predicted octanol–water partition coefficient (Wildman–Crippen LogP) is 2.95. The van der Waals surface area contributed by atoms with Crippen molar-refractivity contribution in [2.75, 3.05) is 41.9 Å². The van der Waals surface area contributed by atoms with Crippen molar-refractivity contribution < 1.29 is 0 Å². The van der Waals surface area contributed by atoms with E-state index in [9.17, 15) is 0 Å². The molecule has 1 saturated heterocycles. The lowest BCUT2D eigenvalue weighted by molar-refractivity contribution is 0.459. The normalized spacial score (nSPS) is 18.4. The molecule has 0 N–H and O–H groups in total. The summed E-state index contributed by atoms with van der Waals surface area (Å²) in [6, 6.07) is 3.35. The summed E-state index contributed by atoms with van der Waals surface area (Å²) in [5.41, 5.74) is 0. The van der Waals surface area contributed by atoms with Gasteiger partial charge in [-0.05, 0) is 32.6 Å². The highest BCUT2D eigenvalue weighted by atomic mass is 32.1. The fraction of sp³-hybridized carbons (Fsp3) is 0.611. The quantitative estimate of drug-likeness (QED) is 0.819. The van der Waals surface area contributed by atoms with E-state index in [2.05, 4.69) is 37.7 Å². The number of rotatable bonds is 5. The van der Waals surface area contributed by atoms with E-state index in [1.54, 1.807) is 17.7 Å². The van der Waals surface area contributed by atoms with Gasteiger partial charge in [0.2, 0.25) is 0 Å². The molecule has 134 valence electrons. The molecule has 0 radical (unpaired) electrons. The molecule has 6 nitrogen and oxygen atoms in total. The minimum atomic E-state index is 0.565. The van der Waals surface area contributed by atoms with Crippen molar-refractivity contribution in [1.82, 2.24) is 15.0 Å². The summed E-state index contributed by atoms with van der Waals surface area (Å²) in [6.07, 6.45) is 8.58. The lowest BCUT2D eigenvalue weighted by atomic mass is 10.0. The fourth-order valence-corrected chi connectivity index (χ4v) is 4.38. The van der Waals surface area contributed by atoms with Gasteiger partial charge >= 0.3 is 0 Å². The lowest BCUT2D eigenvalue weighted by Crippen LogP contribution is -2.46. The Balaban J connectivity index is 1.48. The smallest absolute Gasteiger partial charge is 0.185 e. The molecule has 4 rings (SSSR count). The maximum Gasteiger partial charge on any atom is 0.185 e. The van der Waals surface area contributed by atoms with Gasteiger partial charge in [0.1, 0.15) is 18.0 Å². The average molecular weight is 359 g/mol. The summed E-state index contributed by atoms with van der Waals surface area (Å²) in [4.78, 5) is 21.9. The Bertz CT molecular complexity index is 718. The monoisotopic (exact) mass is 358 g/mol. The maximum absolute atomic E-state index is 4.60. The first kappa shape index (κ1) is 16.6. The number of anilines is 3. The average Bonchev–Trinajstić information content (AvgIpc) is 3.36. The zero-order valence-electron chi connectivity index (χ0n) is 15.2. The molecule has 1 aliphatic carbocycles. The SMILES string of the molecule is Cc1cnc(N2CCC(N(c3cc(N(C)C)ncn3)C3CC3)CC2)s1. The topological polar surface area (TPSA) is 48.4 Å². The first-order valence-corrected chi connectivity index (χ1v) is 9.88. The Hall–Kier alpha value is -1.89. The fourth-order valence-electron chi connectivity index (χ4n) is 3.57. The van der Waals surface area contributed by atoms with Crippen LogP contribution in [0.2, 0.25) is 0 Å². The molecule has 2 aromatic rings. The van der Waals surface area contributed by atoms with Crippen molar-refractivity contribution in [2.45, 2.75) is 44.7 Å². The van der Waals surface area contributed by atoms with Crippen molar-refractivity contribution in [2.24, 2.45) is 0 Å². The molecule has 0 bridgehead atoms. The van der Waals surface area contributed by atoms with Crippen LogP contribution in [0.3, 0.4) is 0 Å². The zero-order valence-corrected chi connectivity index (χ0v) is 16.0. The van der Waals surface area contributed by atoms with E-state index in [1.165, 1.54) is 22.9 Å². The molecule has 0 aromatic carbocycles. The summed E-state index contributed by atoms with van der Waals surface area (Å²) < 4.78 is 0. The van der Waals surface area contributed by atoms with Crippen molar-refractivity contribution in [3.63, 3.8) is 0 Å². The van der Waals surface area contributed by atoms with E-state index in [-0.39, 0.29) is 0 Å². The summed E-state index contributed by atoms with van der Waals surface area (Å²) >= 11 is 1.80. The van der Waals surface area contributed by atoms with Crippen molar-refractivity contribution in [3.05, 3.63) is 23.5 Å². The third-order valence-electron chi connectivity index (χ3n) is 5.04. The zero-order chi connectivity index (χ0) is 17.4. The van der Waals surface area contributed by atoms with Crippen LogP contribution in [0.5, 0.6) is 0 Å². The Morgan fingerprint density at radius 1 is 1.00 bits per heavy atom. The Kier molecular flexibility index (Phi) is 4.50. The molecule has 2 aliphatic rings. The van der Waals surface area contributed by atoms with Crippen LogP contribution in [0, 0.1) is 6.92 Å². The summed E-state index contributed by atoms with van der Waals surface area (Å²) in [7, 11) is 4.06. The van der Waals surface area contributed by atoms with Crippen molar-refractivity contribution >= 4 is 28.1 Å². The van der Waals surface area contributed by atoms with E-state index in [0.29, 0.717) is 12.1 Å². The van der Waals surface area contributed by atoms with E-state index in [0.717, 1.165) is 37.6 Å². The van der Waals surface area contributed by atoms with E-state index < -0.39 is 0 Å². The second-order valence-electron chi connectivity index (χ2n) is 7.24. The maximum atomic E-state index is 4.60. The van der Waals surface area contributed by atoms with Crippen LogP contribution in [0.4, 0.5) is 16.8 Å². The Labute approximate surface area is 153 Å². The summed E-state index contributed by atoms with van der Waals surface area (Å²) in [6.45, 7) is 4.28. The number of thiazole rings is 1. The van der Waals surface area contributed by atoms with E-state index >= 15 is 0 Å². The van der Waals surface area contributed by atoms with Crippen LogP contribution in [-0.2, 0) is 0 Å². The van der Waals surface area contributed by atoms with Crippen LogP contribution in [0.15, 0.2) is 18.6 Å². The van der Waals surface area contributed by atoms with Crippen LogP contribution < -0.4 is 14.7 Å². The molecular weight excluding hydrogens is 332 g/mol. The van der Waals surface area contributed by atoms with E-state index in [1.807, 2.05) is 25.2 Å². The van der Waals surface area contributed by atoms with Gasteiger partial charge < -0.3 is 14.7 Å². The van der Waals surface area contributed by atoms with Gasteiger partial charge in [-0.25, -0.2) is 15.0 Å². The highest BCUT2D eigenvalue weighted by Crippen LogP contribution is 2.36. The van der Waals surface area contributed by atoms with Gasteiger partial charge in [-0.1, -0.05) is 0 Å². The van der Waals surface area contributed by atoms with Gasteiger partial charge in [0.15, 0.2) is 5.13 Å². The highest BCUT2D eigenvalue weighted by Gasteiger charge is 2.37. The Morgan fingerprint density at radius 3 is 2.28 bits per heavy atom. The largest absolute Gasteiger partial charge is 0.363 e. The molecule has 0 spiro atoms. The second-order valence-corrected chi connectivity index (χ2v) is 8.45. The summed E-state index contributed by atoms with van der Waals surface area (Å²) in [5, 5.41) is 1.17. The van der Waals surface area contributed by atoms with Crippen LogP contribution in [0.1, 0.15) is 30.6 Å². The lowest BCUT2D eigenvalue weighted by Gasteiger charge is -2.39. The van der Waals surface area contributed by atoms with Gasteiger partial charge in [-0.15, -0.1) is 11.3 Å². The third-order valence-corrected chi connectivity index (χ3v) is 6.01. The number of aromatic nitrogens is 3. The van der Waals surface area contributed by atoms with Gasteiger partial charge in [0, 0.05) is 56.4 Å². The minimum absolute atomic E-state index is 0.565. The van der Waals surface area contributed by atoms with Crippen molar-refractivity contribution in [3.8, 4) is 0 Å².